The van der Waals surface area contributed by atoms with Crippen LogP contribution in [0.2, 0.25) is 0 Å². The molecule has 0 saturated carbocycles. The number of rotatable bonds is 1. The van der Waals surface area contributed by atoms with E-state index >= 15 is 0 Å². The maximum absolute atomic E-state index is 13.1. The highest BCUT2D eigenvalue weighted by molar-refractivity contribution is 5.76. The monoisotopic (exact) mass is 225 g/mol. The van der Waals surface area contributed by atoms with Crippen LogP contribution in [0.25, 0.3) is 11.0 Å². The molecule has 2 aromatic rings. The van der Waals surface area contributed by atoms with Gasteiger partial charge in [-0.05, 0) is 0 Å². The molecule has 0 atom stereocenters. The molecular formula is C8H4FN3O4. The number of nitro groups is 1. The Morgan fingerprint density at radius 2 is 1.62 bits per heavy atom. The SMILES string of the molecule is O=c1[nH]c2cc(F)c([N+](=O)[O-])cc2[nH]c1=O. The molecule has 0 unspecified atom stereocenters. The number of nitrogens with zero attached hydrogens (tertiary/aromatic N) is 1. The molecule has 16 heavy (non-hydrogen) atoms. The summed E-state index contributed by atoms with van der Waals surface area (Å²) < 4.78 is 13.1. The summed E-state index contributed by atoms with van der Waals surface area (Å²) in [6.07, 6.45) is 0. The Kier molecular flexibility index (Phi) is 2.04. The van der Waals surface area contributed by atoms with Gasteiger partial charge in [0.05, 0.1) is 16.0 Å². The van der Waals surface area contributed by atoms with Crippen molar-refractivity contribution in [2.45, 2.75) is 0 Å². The molecule has 0 radical (unpaired) electrons. The Morgan fingerprint density at radius 3 is 2.12 bits per heavy atom. The van der Waals surface area contributed by atoms with Crippen molar-refractivity contribution < 1.29 is 9.31 Å². The van der Waals surface area contributed by atoms with Gasteiger partial charge >= 0.3 is 16.8 Å². The minimum atomic E-state index is -1.08. The fourth-order valence-electron chi connectivity index (χ4n) is 1.27. The van der Waals surface area contributed by atoms with Gasteiger partial charge in [0.2, 0.25) is 5.82 Å². The zero-order valence-corrected chi connectivity index (χ0v) is 7.61. The molecule has 0 saturated heterocycles. The van der Waals surface area contributed by atoms with Gasteiger partial charge in [-0.25, -0.2) is 0 Å². The van der Waals surface area contributed by atoms with Crippen LogP contribution in [0.15, 0.2) is 21.7 Å². The number of aromatic amines is 2. The molecule has 0 amide bonds. The molecule has 7 nitrogen and oxygen atoms in total. The largest absolute Gasteiger partial charge is 0.316 e. The third-order valence-corrected chi connectivity index (χ3v) is 1.99. The van der Waals surface area contributed by atoms with Gasteiger partial charge < -0.3 is 9.97 Å². The smallest absolute Gasteiger partial charge is 0.314 e. The minimum absolute atomic E-state index is 0.00213. The molecule has 8 heteroatoms. The quantitative estimate of drug-likeness (QED) is 0.412. The molecule has 1 aromatic heterocycles. The van der Waals surface area contributed by atoms with Crippen LogP contribution in [0.1, 0.15) is 0 Å². The van der Waals surface area contributed by atoms with Gasteiger partial charge in [0.15, 0.2) is 0 Å². The Morgan fingerprint density at radius 1 is 1.12 bits per heavy atom. The normalized spacial score (nSPS) is 10.6. The highest BCUT2D eigenvalue weighted by atomic mass is 19.1. The summed E-state index contributed by atoms with van der Waals surface area (Å²) in [5.41, 5.74) is -2.67. The number of benzene rings is 1. The third-order valence-electron chi connectivity index (χ3n) is 1.99. The summed E-state index contributed by atoms with van der Waals surface area (Å²) >= 11 is 0. The van der Waals surface area contributed by atoms with Crippen molar-refractivity contribution in [3.63, 3.8) is 0 Å². The first-order valence-electron chi connectivity index (χ1n) is 4.09. The van der Waals surface area contributed by atoms with Gasteiger partial charge in [-0.2, -0.15) is 4.39 Å². The van der Waals surface area contributed by atoms with Crippen molar-refractivity contribution in [3.8, 4) is 0 Å². The molecule has 2 rings (SSSR count). The van der Waals surface area contributed by atoms with Gasteiger partial charge in [0.1, 0.15) is 0 Å². The van der Waals surface area contributed by atoms with Crippen molar-refractivity contribution in [1.82, 2.24) is 9.97 Å². The first-order valence-corrected chi connectivity index (χ1v) is 4.09. The third kappa shape index (κ3) is 1.45. The van der Waals surface area contributed by atoms with E-state index in [9.17, 15) is 24.1 Å². The van der Waals surface area contributed by atoms with E-state index in [0.717, 1.165) is 12.1 Å². The summed E-state index contributed by atoms with van der Waals surface area (Å²) in [6.45, 7) is 0. The number of halogens is 1. The first-order chi connectivity index (χ1) is 7.49. The number of fused-ring (bicyclic) bond motifs is 1. The van der Waals surface area contributed by atoms with E-state index < -0.39 is 27.5 Å². The molecule has 0 fully saturated rings. The number of nitro benzene ring substituents is 1. The van der Waals surface area contributed by atoms with E-state index in [-0.39, 0.29) is 11.0 Å². The average Bonchev–Trinajstić information content (AvgIpc) is 2.19. The molecule has 0 aliphatic carbocycles. The maximum atomic E-state index is 13.1. The lowest BCUT2D eigenvalue weighted by atomic mass is 10.2. The van der Waals surface area contributed by atoms with Crippen LogP contribution in [-0.2, 0) is 0 Å². The molecule has 0 aliphatic rings. The fourth-order valence-corrected chi connectivity index (χ4v) is 1.27. The molecule has 2 N–H and O–H groups in total. The molecule has 0 aliphatic heterocycles. The van der Waals surface area contributed by atoms with Crippen molar-refractivity contribution >= 4 is 16.7 Å². The van der Waals surface area contributed by atoms with Gasteiger partial charge in [0.25, 0.3) is 0 Å². The van der Waals surface area contributed by atoms with Crippen molar-refractivity contribution in [2.75, 3.05) is 0 Å². The summed E-state index contributed by atoms with van der Waals surface area (Å²) in [6, 6.07) is 1.63. The van der Waals surface area contributed by atoms with Crippen molar-refractivity contribution in [2.24, 2.45) is 0 Å². The van der Waals surface area contributed by atoms with Gasteiger partial charge in [-0.3, -0.25) is 19.7 Å². The van der Waals surface area contributed by atoms with E-state index in [1.54, 1.807) is 0 Å². The molecule has 0 bridgehead atoms. The fraction of sp³-hybridized carbons (Fsp3) is 0. The van der Waals surface area contributed by atoms with Crippen LogP contribution in [0.5, 0.6) is 0 Å². The van der Waals surface area contributed by atoms with Gasteiger partial charge in [0, 0.05) is 12.1 Å². The number of nitrogens with one attached hydrogen (secondary N) is 2. The van der Waals surface area contributed by atoms with Crippen LogP contribution < -0.4 is 11.1 Å². The van der Waals surface area contributed by atoms with E-state index in [4.69, 9.17) is 0 Å². The van der Waals surface area contributed by atoms with E-state index in [1.165, 1.54) is 0 Å². The molecular weight excluding hydrogens is 221 g/mol. The Hall–Kier alpha value is -2.51. The lowest BCUT2D eigenvalue weighted by molar-refractivity contribution is -0.387. The topological polar surface area (TPSA) is 109 Å². The summed E-state index contributed by atoms with van der Waals surface area (Å²) in [7, 11) is 0. The summed E-state index contributed by atoms with van der Waals surface area (Å²) in [4.78, 5) is 35.6. The van der Waals surface area contributed by atoms with Crippen LogP contribution in [-0.4, -0.2) is 14.9 Å². The van der Waals surface area contributed by atoms with Crippen LogP contribution in [0, 0.1) is 15.9 Å². The maximum Gasteiger partial charge on any atom is 0.314 e. The molecule has 1 aromatic carbocycles. The standard InChI is InChI=1S/C8H4FN3O4/c9-3-1-4-5(2-6(3)12(15)16)11-8(14)7(13)10-4/h1-2H,(H,10,13)(H,11,14). The predicted molar refractivity (Wildman–Crippen MR) is 51.8 cm³/mol. The minimum Gasteiger partial charge on any atom is -0.316 e. The highest BCUT2D eigenvalue weighted by Crippen LogP contribution is 2.20. The van der Waals surface area contributed by atoms with Crippen LogP contribution in [0.4, 0.5) is 10.1 Å². The Bertz CT molecular complexity index is 702. The second kappa shape index (κ2) is 3.26. The number of hydrogen-bond donors (Lipinski definition) is 2. The van der Waals surface area contributed by atoms with Gasteiger partial charge in [-0.1, -0.05) is 0 Å². The van der Waals surface area contributed by atoms with E-state index in [0.29, 0.717) is 0 Å². The van der Waals surface area contributed by atoms with Crippen molar-refractivity contribution in [3.05, 3.63) is 48.8 Å². The zero-order valence-electron chi connectivity index (χ0n) is 7.61. The number of H-pyrrole nitrogens is 2. The second-order valence-electron chi connectivity index (χ2n) is 3.01. The molecule has 1 heterocycles. The van der Waals surface area contributed by atoms with E-state index in [2.05, 4.69) is 9.97 Å². The number of aromatic nitrogens is 2. The first kappa shape index (κ1) is 10.0. The lowest BCUT2D eigenvalue weighted by Crippen LogP contribution is -2.28. The van der Waals surface area contributed by atoms with Crippen molar-refractivity contribution in [1.29, 1.82) is 0 Å². The second-order valence-corrected chi connectivity index (χ2v) is 3.01. The Labute approximate surface area is 85.7 Å². The molecule has 0 spiro atoms. The van der Waals surface area contributed by atoms with Gasteiger partial charge in [-0.15, -0.1) is 0 Å². The highest BCUT2D eigenvalue weighted by Gasteiger charge is 2.15. The summed E-state index contributed by atoms with van der Waals surface area (Å²) in [5.74, 6) is -1.08. The van der Waals surface area contributed by atoms with E-state index in [1.807, 2.05) is 0 Å². The number of hydrogen-bond acceptors (Lipinski definition) is 4. The average molecular weight is 225 g/mol. The predicted octanol–water partition coefficient (Wildman–Crippen LogP) is 0.264. The molecule has 82 valence electrons. The zero-order chi connectivity index (χ0) is 11.9. The van der Waals surface area contributed by atoms with Crippen LogP contribution >= 0.6 is 0 Å². The summed E-state index contributed by atoms with van der Waals surface area (Å²) in [5, 5.41) is 10.4. The lowest BCUT2D eigenvalue weighted by Gasteiger charge is -1.98. The van der Waals surface area contributed by atoms with Crippen LogP contribution in [0.3, 0.4) is 0 Å². The Balaban J connectivity index is 2.90.